The molecule has 4 nitrogen and oxygen atoms in total. The lowest BCUT2D eigenvalue weighted by Gasteiger charge is -2.30. The van der Waals surface area contributed by atoms with Crippen LogP contribution < -0.4 is 11.5 Å². The van der Waals surface area contributed by atoms with Gasteiger partial charge in [-0.05, 0) is 66.7 Å². The van der Waals surface area contributed by atoms with Crippen molar-refractivity contribution in [3.05, 3.63) is 58.7 Å². The second-order valence-electron chi connectivity index (χ2n) is 7.30. The Morgan fingerprint density at radius 1 is 1.11 bits per heavy atom. The molecule has 0 unspecified atom stereocenters. The minimum Gasteiger partial charge on any atom is -0.383 e. The summed E-state index contributed by atoms with van der Waals surface area (Å²) in [5.74, 6) is -1.49. The van der Waals surface area contributed by atoms with Crippen LogP contribution in [0.25, 0.3) is 21.9 Å². The molecule has 1 aliphatic rings. The maximum absolute atomic E-state index is 13.8. The molecule has 0 spiro atoms. The largest absolute Gasteiger partial charge is 0.383 e. The summed E-state index contributed by atoms with van der Waals surface area (Å²) in [6.45, 7) is 2.61. The Kier molecular flexibility index (Phi) is 5.19. The summed E-state index contributed by atoms with van der Waals surface area (Å²) >= 11 is 6.53. The van der Waals surface area contributed by atoms with Gasteiger partial charge >= 0.3 is 0 Å². The Labute approximate surface area is 167 Å². The molecule has 1 saturated heterocycles. The highest BCUT2D eigenvalue weighted by atomic mass is 35.5. The van der Waals surface area contributed by atoms with Gasteiger partial charge in [-0.25, -0.2) is 13.8 Å². The molecule has 7 heteroatoms. The Morgan fingerprint density at radius 3 is 2.57 bits per heavy atom. The zero-order valence-corrected chi connectivity index (χ0v) is 16.0. The third-order valence-corrected chi connectivity index (χ3v) is 5.60. The Bertz CT molecular complexity index is 1030. The van der Waals surface area contributed by atoms with E-state index < -0.39 is 11.6 Å². The first-order chi connectivity index (χ1) is 13.4. The molecule has 28 heavy (non-hydrogen) atoms. The van der Waals surface area contributed by atoms with Crippen molar-refractivity contribution in [1.82, 2.24) is 9.88 Å². The van der Waals surface area contributed by atoms with E-state index in [-0.39, 0.29) is 6.04 Å². The van der Waals surface area contributed by atoms with Crippen molar-refractivity contribution in [2.75, 3.05) is 18.8 Å². The molecule has 0 atom stereocenters. The summed E-state index contributed by atoms with van der Waals surface area (Å²) in [5, 5.41) is 1.89. The summed E-state index contributed by atoms with van der Waals surface area (Å²) in [6, 6.07) is 7.96. The Morgan fingerprint density at radius 2 is 1.86 bits per heavy atom. The molecule has 3 aromatic rings. The van der Waals surface area contributed by atoms with Crippen LogP contribution in [0.2, 0.25) is 5.02 Å². The first-order valence-electron chi connectivity index (χ1n) is 9.22. The number of piperidine rings is 1. The van der Waals surface area contributed by atoms with Gasteiger partial charge in [0.2, 0.25) is 0 Å². The number of likely N-dealkylation sites (tertiary alicyclic amines) is 1. The fraction of sp³-hybridized carbons (Fsp3) is 0.286. The number of hydrogen-bond donors (Lipinski definition) is 2. The average Bonchev–Trinajstić information content (AvgIpc) is 2.66. The number of fused-ring (bicyclic) bond motifs is 1. The Balaban J connectivity index is 1.79. The van der Waals surface area contributed by atoms with E-state index in [1.54, 1.807) is 6.20 Å². The highest BCUT2D eigenvalue weighted by Gasteiger charge is 2.18. The van der Waals surface area contributed by atoms with Crippen LogP contribution in [-0.2, 0) is 6.54 Å². The summed E-state index contributed by atoms with van der Waals surface area (Å²) in [4.78, 5) is 6.54. The maximum atomic E-state index is 13.8. The van der Waals surface area contributed by atoms with Gasteiger partial charge in [0.25, 0.3) is 0 Å². The van der Waals surface area contributed by atoms with Crippen LogP contribution in [0, 0.1) is 11.6 Å². The molecule has 4 rings (SSSR count). The van der Waals surface area contributed by atoms with E-state index in [1.807, 2.05) is 12.1 Å². The van der Waals surface area contributed by atoms with Gasteiger partial charge in [-0.2, -0.15) is 0 Å². The lowest BCUT2D eigenvalue weighted by atomic mass is 9.97. The quantitative estimate of drug-likeness (QED) is 0.683. The highest BCUT2D eigenvalue weighted by molar-refractivity contribution is 6.37. The smallest absolute Gasteiger partial charge is 0.159 e. The summed E-state index contributed by atoms with van der Waals surface area (Å²) in [7, 11) is 0. The third-order valence-electron chi connectivity index (χ3n) is 5.30. The lowest BCUT2D eigenvalue weighted by molar-refractivity contribution is 0.206. The molecule has 1 aromatic heterocycles. The fourth-order valence-electron chi connectivity index (χ4n) is 3.76. The van der Waals surface area contributed by atoms with Crippen molar-refractivity contribution >= 4 is 28.2 Å². The monoisotopic (exact) mass is 402 g/mol. The third kappa shape index (κ3) is 3.68. The van der Waals surface area contributed by atoms with Crippen LogP contribution in [0.5, 0.6) is 0 Å². The van der Waals surface area contributed by atoms with E-state index in [1.165, 1.54) is 6.07 Å². The SMILES string of the molecule is Nc1ncc(-c2ccc(F)c(F)c2)c2cc(CN3CCC(N)CC3)cc(Cl)c12. The molecular weight excluding hydrogens is 382 g/mol. The van der Waals surface area contributed by atoms with Gasteiger partial charge in [-0.3, -0.25) is 4.90 Å². The van der Waals surface area contributed by atoms with Crippen LogP contribution in [0.4, 0.5) is 14.6 Å². The van der Waals surface area contributed by atoms with Crippen LogP contribution in [0.3, 0.4) is 0 Å². The minimum absolute atomic E-state index is 0.266. The van der Waals surface area contributed by atoms with E-state index in [2.05, 4.69) is 9.88 Å². The van der Waals surface area contributed by atoms with Crippen molar-refractivity contribution in [2.45, 2.75) is 25.4 Å². The van der Waals surface area contributed by atoms with Crippen molar-refractivity contribution < 1.29 is 8.78 Å². The molecule has 1 fully saturated rings. The van der Waals surface area contributed by atoms with Gasteiger partial charge in [-0.1, -0.05) is 17.7 Å². The number of nitrogens with zero attached hydrogens (tertiary/aromatic N) is 2. The van der Waals surface area contributed by atoms with Gasteiger partial charge < -0.3 is 11.5 Å². The number of benzene rings is 2. The van der Waals surface area contributed by atoms with Crippen molar-refractivity contribution in [1.29, 1.82) is 0 Å². The van der Waals surface area contributed by atoms with Gasteiger partial charge in [0.1, 0.15) is 5.82 Å². The predicted octanol–water partition coefficient (Wildman–Crippen LogP) is 4.34. The molecule has 0 aliphatic carbocycles. The number of nitrogens with two attached hydrogens (primary N) is 2. The number of aromatic nitrogens is 1. The topological polar surface area (TPSA) is 68.2 Å². The van der Waals surface area contributed by atoms with E-state index in [4.69, 9.17) is 23.1 Å². The van der Waals surface area contributed by atoms with Gasteiger partial charge in [0, 0.05) is 29.7 Å². The van der Waals surface area contributed by atoms with Crippen LogP contribution >= 0.6 is 11.6 Å². The van der Waals surface area contributed by atoms with Gasteiger partial charge in [0.15, 0.2) is 11.6 Å². The number of halogens is 3. The molecule has 0 bridgehead atoms. The molecule has 2 aromatic carbocycles. The van der Waals surface area contributed by atoms with E-state index in [0.29, 0.717) is 27.4 Å². The maximum Gasteiger partial charge on any atom is 0.159 e. The van der Waals surface area contributed by atoms with E-state index >= 15 is 0 Å². The minimum atomic E-state index is -0.908. The lowest BCUT2D eigenvalue weighted by Crippen LogP contribution is -2.39. The van der Waals surface area contributed by atoms with Crippen molar-refractivity contribution in [3.63, 3.8) is 0 Å². The normalized spacial score (nSPS) is 16.0. The summed E-state index contributed by atoms with van der Waals surface area (Å²) in [5.41, 5.74) is 14.3. The Hall–Kier alpha value is -2.28. The zero-order valence-electron chi connectivity index (χ0n) is 15.3. The number of rotatable bonds is 3. The zero-order chi connectivity index (χ0) is 19.8. The first-order valence-corrected chi connectivity index (χ1v) is 9.60. The molecule has 0 amide bonds. The molecule has 1 aliphatic heterocycles. The molecule has 4 N–H and O–H groups in total. The number of pyridine rings is 1. The van der Waals surface area contributed by atoms with E-state index in [0.717, 1.165) is 55.6 Å². The first kappa shape index (κ1) is 19.1. The van der Waals surface area contributed by atoms with Crippen LogP contribution in [0.1, 0.15) is 18.4 Å². The second kappa shape index (κ2) is 7.62. The van der Waals surface area contributed by atoms with Crippen LogP contribution in [-0.4, -0.2) is 29.0 Å². The number of nitrogen functional groups attached to an aromatic ring is 1. The molecule has 146 valence electrons. The van der Waals surface area contributed by atoms with Crippen molar-refractivity contribution in [2.24, 2.45) is 5.73 Å². The molecule has 2 heterocycles. The van der Waals surface area contributed by atoms with Crippen LogP contribution in [0.15, 0.2) is 36.5 Å². The van der Waals surface area contributed by atoms with Gasteiger partial charge in [0.05, 0.1) is 5.02 Å². The van der Waals surface area contributed by atoms with E-state index in [9.17, 15) is 8.78 Å². The fourth-order valence-corrected chi connectivity index (χ4v) is 4.10. The number of anilines is 1. The summed E-state index contributed by atoms with van der Waals surface area (Å²) < 4.78 is 27.1. The molecule has 0 saturated carbocycles. The van der Waals surface area contributed by atoms with Crippen molar-refractivity contribution in [3.8, 4) is 11.1 Å². The second-order valence-corrected chi connectivity index (χ2v) is 7.71. The highest BCUT2D eigenvalue weighted by Crippen LogP contribution is 2.36. The standard InChI is InChI=1S/C21H21ClF2N4/c22-17-8-12(11-28-5-3-14(25)4-6-28)7-15-16(10-27-21(26)20(15)17)13-1-2-18(23)19(24)9-13/h1-2,7-10,14H,3-6,11,25H2,(H2,26,27). The summed E-state index contributed by atoms with van der Waals surface area (Å²) in [6.07, 6.45) is 3.51. The molecular formula is C21H21ClF2N4. The van der Waals surface area contributed by atoms with Gasteiger partial charge in [-0.15, -0.1) is 0 Å². The average molecular weight is 403 g/mol. The predicted molar refractivity (Wildman–Crippen MR) is 109 cm³/mol. The number of hydrogen-bond acceptors (Lipinski definition) is 4. The molecule has 0 radical (unpaired) electrons.